The van der Waals surface area contributed by atoms with E-state index in [0.717, 1.165) is 12.8 Å². The van der Waals surface area contributed by atoms with Crippen molar-refractivity contribution in [1.82, 2.24) is 10.6 Å². The fourth-order valence-electron chi connectivity index (χ4n) is 1.66. The topological polar surface area (TPSA) is 108 Å². The molecule has 0 aliphatic heterocycles. The van der Waals surface area contributed by atoms with Crippen LogP contribution in [0.3, 0.4) is 0 Å². The average molecular weight is 291 g/mol. The molecule has 1 saturated carbocycles. The van der Waals surface area contributed by atoms with E-state index in [2.05, 4.69) is 16.0 Å². The summed E-state index contributed by atoms with van der Waals surface area (Å²) in [5.74, 6) is -1.61. The van der Waals surface area contributed by atoms with E-state index < -0.39 is 17.9 Å². The Bertz CT molecular complexity index is 569. The van der Waals surface area contributed by atoms with Gasteiger partial charge in [0.25, 0.3) is 5.91 Å². The minimum atomic E-state index is -1.11. The van der Waals surface area contributed by atoms with Crippen molar-refractivity contribution in [3.05, 3.63) is 29.8 Å². The van der Waals surface area contributed by atoms with Crippen molar-refractivity contribution < 1.29 is 19.5 Å². The first-order valence-electron chi connectivity index (χ1n) is 6.67. The molecule has 1 aromatic rings. The summed E-state index contributed by atoms with van der Waals surface area (Å²) in [4.78, 5) is 34.2. The quantitative estimate of drug-likeness (QED) is 0.653. The lowest BCUT2D eigenvalue weighted by atomic mass is 10.1. The maximum Gasteiger partial charge on any atom is 0.325 e. The van der Waals surface area contributed by atoms with Gasteiger partial charge in [-0.15, -0.1) is 0 Å². The number of urea groups is 1. The minimum absolute atomic E-state index is 0.243. The van der Waals surface area contributed by atoms with E-state index in [4.69, 9.17) is 5.11 Å². The van der Waals surface area contributed by atoms with Crippen LogP contribution in [-0.2, 0) is 4.79 Å². The molecule has 0 spiro atoms. The molecule has 112 valence electrons. The summed E-state index contributed by atoms with van der Waals surface area (Å²) in [6.45, 7) is 1.38. The van der Waals surface area contributed by atoms with Crippen molar-refractivity contribution in [3.63, 3.8) is 0 Å². The van der Waals surface area contributed by atoms with Gasteiger partial charge >= 0.3 is 12.0 Å². The average Bonchev–Trinajstić information content (AvgIpc) is 3.22. The molecule has 0 saturated heterocycles. The number of carbonyl (C=O) groups excluding carboxylic acids is 2. The monoisotopic (exact) mass is 291 g/mol. The van der Waals surface area contributed by atoms with Crippen molar-refractivity contribution in [2.45, 2.75) is 31.8 Å². The predicted molar refractivity (Wildman–Crippen MR) is 76.2 cm³/mol. The summed E-state index contributed by atoms with van der Waals surface area (Å²) >= 11 is 0. The molecule has 1 fully saturated rings. The molecule has 1 aliphatic rings. The van der Waals surface area contributed by atoms with E-state index in [1.807, 2.05) is 0 Å². The summed E-state index contributed by atoms with van der Waals surface area (Å²) in [5.41, 5.74) is 0.760. The molecule has 0 bridgehead atoms. The van der Waals surface area contributed by atoms with E-state index in [0.29, 0.717) is 5.69 Å². The van der Waals surface area contributed by atoms with Crippen LogP contribution < -0.4 is 16.0 Å². The van der Waals surface area contributed by atoms with Crippen molar-refractivity contribution in [2.75, 3.05) is 5.32 Å². The molecule has 1 atom stereocenters. The highest BCUT2D eigenvalue weighted by atomic mass is 16.4. The number of rotatable bonds is 5. The first-order valence-corrected chi connectivity index (χ1v) is 6.67. The van der Waals surface area contributed by atoms with Crippen molar-refractivity contribution in [1.29, 1.82) is 0 Å². The van der Waals surface area contributed by atoms with Crippen LogP contribution in [0.15, 0.2) is 24.3 Å². The van der Waals surface area contributed by atoms with Gasteiger partial charge in [0.15, 0.2) is 0 Å². The third-order valence-corrected chi connectivity index (χ3v) is 3.01. The lowest BCUT2D eigenvalue weighted by Crippen LogP contribution is -2.38. The van der Waals surface area contributed by atoms with Gasteiger partial charge in [0, 0.05) is 17.3 Å². The van der Waals surface area contributed by atoms with Gasteiger partial charge in [0.2, 0.25) is 0 Å². The molecule has 1 aliphatic carbocycles. The van der Waals surface area contributed by atoms with Crippen LogP contribution in [0.2, 0.25) is 0 Å². The number of anilines is 1. The Kier molecular flexibility index (Phi) is 4.42. The number of aliphatic carboxylic acids is 1. The third kappa shape index (κ3) is 4.48. The Hall–Kier alpha value is -2.57. The van der Waals surface area contributed by atoms with E-state index in [1.165, 1.54) is 13.0 Å². The predicted octanol–water partition coefficient (Wildman–Crippen LogP) is 1.17. The second-order valence-corrected chi connectivity index (χ2v) is 4.99. The molecule has 0 unspecified atom stereocenters. The van der Waals surface area contributed by atoms with Gasteiger partial charge in [-0.1, -0.05) is 6.07 Å². The van der Waals surface area contributed by atoms with Crippen LogP contribution in [0.5, 0.6) is 0 Å². The van der Waals surface area contributed by atoms with Gasteiger partial charge in [-0.05, 0) is 38.0 Å². The van der Waals surface area contributed by atoms with Crippen LogP contribution in [0, 0.1) is 0 Å². The lowest BCUT2D eigenvalue weighted by molar-refractivity contribution is -0.138. The standard InChI is InChI=1S/C14H17N3O4/c1-8(13(19)20)15-12(18)9-3-2-4-11(7-9)17-14(21)16-10-5-6-10/h2-4,7-8,10H,5-6H2,1H3,(H,15,18)(H,19,20)(H2,16,17,21)/t8-/m0/s1. The Morgan fingerprint density at radius 3 is 2.62 bits per heavy atom. The molecule has 2 rings (SSSR count). The number of carboxylic acids is 1. The highest BCUT2D eigenvalue weighted by molar-refractivity contribution is 5.98. The zero-order valence-corrected chi connectivity index (χ0v) is 11.6. The second kappa shape index (κ2) is 6.25. The van der Waals surface area contributed by atoms with Gasteiger partial charge in [-0.2, -0.15) is 0 Å². The molecule has 4 N–H and O–H groups in total. The van der Waals surface area contributed by atoms with E-state index >= 15 is 0 Å². The lowest BCUT2D eigenvalue weighted by Gasteiger charge is -2.11. The fourth-order valence-corrected chi connectivity index (χ4v) is 1.66. The van der Waals surface area contributed by atoms with Crippen LogP contribution in [0.1, 0.15) is 30.1 Å². The molecule has 1 aromatic carbocycles. The molecule has 21 heavy (non-hydrogen) atoms. The minimum Gasteiger partial charge on any atom is -0.480 e. The Balaban J connectivity index is 1.97. The second-order valence-electron chi connectivity index (χ2n) is 4.99. The number of hydrogen-bond donors (Lipinski definition) is 4. The Morgan fingerprint density at radius 1 is 1.29 bits per heavy atom. The largest absolute Gasteiger partial charge is 0.480 e. The number of carbonyl (C=O) groups is 3. The first-order chi connectivity index (χ1) is 9.95. The highest BCUT2D eigenvalue weighted by Crippen LogP contribution is 2.19. The van der Waals surface area contributed by atoms with Crippen molar-refractivity contribution in [3.8, 4) is 0 Å². The van der Waals surface area contributed by atoms with Crippen LogP contribution in [-0.4, -0.2) is 35.1 Å². The maximum absolute atomic E-state index is 11.9. The summed E-state index contributed by atoms with van der Waals surface area (Å²) in [6, 6.07) is 5.27. The van der Waals surface area contributed by atoms with E-state index in [1.54, 1.807) is 18.2 Å². The zero-order valence-electron chi connectivity index (χ0n) is 11.6. The smallest absolute Gasteiger partial charge is 0.325 e. The van der Waals surface area contributed by atoms with Crippen molar-refractivity contribution in [2.24, 2.45) is 0 Å². The third-order valence-electron chi connectivity index (χ3n) is 3.01. The maximum atomic E-state index is 11.9. The molecular formula is C14H17N3O4. The zero-order chi connectivity index (χ0) is 15.4. The van der Waals surface area contributed by atoms with Gasteiger partial charge in [0.05, 0.1) is 0 Å². The summed E-state index contributed by atoms with van der Waals surface area (Å²) in [7, 11) is 0. The molecule has 7 heteroatoms. The SMILES string of the molecule is C[C@H](NC(=O)c1cccc(NC(=O)NC2CC2)c1)C(=O)O. The van der Waals surface area contributed by atoms with Crippen LogP contribution in [0.25, 0.3) is 0 Å². The van der Waals surface area contributed by atoms with Crippen molar-refractivity contribution >= 4 is 23.6 Å². The molecule has 7 nitrogen and oxygen atoms in total. The summed E-state index contributed by atoms with van der Waals surface area (Å²) < 4.78 is 0. The Morgan fingerprint density at radius 2 is 2.00 bits per heavy atom. The summed E-state index contributed by atoms with van der Waals surface area (Å²) in [6.07, 6.45) is 1.98. The number of nitrogens with one attached hydrogen (secondary N) is 3. The van der Waals surface area contributed by atoms with Gasteiger partial charge < -0.3 is 21.1 Å². The first kappa shape index (κ1) is 14.8. The van der Waals surface area contributed by atoms with E-state index in [9.17, 15) is 14.4 Å². The molecular weight excluding hydrogens is 274 g/mol. The van der Waals surface area contributed by atoms with Crippen LogP contribution in [0.4, 0.5) is 10.5 Å². The van der Waals surface area contributed by atoms with E-state index in [-0.39, 0.29) is 17.6 Å². The molecule has 0 radical (unpaired) electrons. The number of amides is 3. The highest BCUT2D eigenvalue weighted by Gasteiger charge is 2.23. The summed E-state index contributed by atoms with van der Waals surface area (Å²) in [5, 5.41) is 16.5. The number of carboxylic acid groups (broad SMARTS) is 1. The normalized spacial score (nSPS) is 14.9. The number of benzene rings is 1. The molecule has 3 amide bonds. The van der Waals surface area contributed by atoms with Crippen LogP contribution >= 0.6 is 0 Å². The van der Waals surface area contributed by atoms with Gasteiger partial charge in [-0.25, -0.2) is 4.79 Å². The number of hydrogen-bond acceptors (Lipinski definition) is 3. The molecule has 0 aromatic heterocycles. The molecule has 0 heterocycles. The fraction of sp³-hybridized carbons (Fsp3) is 0.357. The van der Waals surface area contributed by atoms with Gasteiger partial charge in [0.1, 0.15) is 6.04 Å². The van der Waals surface area contributed by atoms with Gasteiger partial charge in [-0.3, -0.25) is 9.59 Å². The Labute approximate surface area is 121 Å².